The van der Waals surface area contributed by atoms with E-state index < -0.39 is 10.0 Å². The standard InChI is InChI=1S/C15H14N4O3S/c1-11-18-15(19-22-11)12-5-4-7-14(9-12)23(20,21)17-10-13-6-2-3-8-16-13/h2-9,17H,10H2,1H3. The molecule has 0 unspecified atom stereocenters. The first kappa shape index (κ1) is 15.3. The lowest BCUT2D eigenvalue weighted by molar-refractivity contribution is 0.394. The summed E-state index contributed by atoms with van der Waals surface area (Å²) in [4.78, 5) is 8.31. The van der Waals surface area contributed by atoms with Gasteiger partial charge in [0.25, 0.3) is 0 Å². The topological polar surface area (TPSA) is 98.0 Å². The van der Waals surface area contributed by atoms with Crippen molar-refractivity contribution >= 4 is 10.0 Å². The van der Waals surface area contributed by atoms with Gasteiger partial charge in [-0.25, -0.2) is 13.1 Å². The van der Waals surface area contributed by atoms with Gasteiger partial charge >= 0.3 is 0 Å². The van der Waals surface area contributed by atoms with Crippen LogP contribution in [0.2, 0.25) is 0 Å². The SMILES string of the molecule is Cc1nc(-c2cccc(S(=O)(=O)NCc3ccccn3)c2)no1. The molecule has 0 fully saturated rings. The molecule has 23 heavy (non-hydrogen) atoms. The largest absolute Gasteiger partial charge is 0.339 e. The highest BCUT2D eigenvalue weighted by atomic mass is 32.2. The molecular weight excluding hydrogens is 316 g/mol. The van der Waals surface area contributed by atoms with Gasteiger partial charge in [-0.1, -0.05) is 23.4 Å². The zero-order valence-electron chi connectivity index (χ0n) is 12.3. The molecular formula is C15H14N4O3S. The molecule has 0 radical (unpaired) electrons. The Morgan fingerprint density at radius 3 is 2.74 bits per heavy atom. The van der Waals surface area contributed by atoms with Gasteiger partial charge in [-0.2, -0.15) is 4.98 Å². The number of aromatic nitrogens is 3. The summed E-state index contributed by atoms with van der Waals surface area (Å²) in [5.41, 5.74) is 1.21. The Hall–Kier alpha value is -2.58. The van der Waals surface area contributed by atoms with Crippen LogP contribution in [0.1, 0.15) is 11.6 Å². The molecule has 0 saturated heterocycles. The van der Waals surface area contributed by atoms with E-state index in [-0.39, 0.29) is 11.4 Å². The van der Waals surface area contributed by atoms with E-state index in [1.54, 1.807) is 43.5 Å². The van der Waals surface area contributed by atoms with Crippen molar-refractivity contribution in [1.82, 2.24) is 19.8 Å². The Bertz CT molecular complexity index is 907. The highest BCUT2D eigenvalue weighted by Crippen LogP contribution is 2.20. The normalized spacial score (nSPS) is 11.5. The van der Waals surface area contributed by atoms with Crippen molar-refractivity contribution in [1.29, 1.82) is 0 Å². The average Bonchev–Trinajstić information content (AvgIpc) is 3.01. The molecule has 3 rings (SSSR count). The predicted octanol–water partition coefficient (Wildman–Crippen LogP) is 1.92. The first-order valence-electron chi connectivity index (χ1n) is 6.85. The summed E-state index contributed by atoms with van der Waals surface area (Å²) < 4.78 is 32.2. The summed E-state index contributed by atoms with van der Waals surface area (Å²) in [5, 5.41) is 3.79. The van der Waals surface area contributed by atoms with Gasteiger partial charge in [0.1, 0.15) is 0 Å². The Labute approximate surface area is 133 Å². The molecule has 0 aliphatic carbocycles. The van der Waals surface area contributed by atoms with Gasteiger partial charge in [-0.05, 0) is 24.3 Å². The maximum Gasteiger partial charge on any atom is 0.240 e. The zero-order valence-corrected chi connectivity index (χ0v) is 13.1. The lowest BCUT2D eigenvalue weighted by Crippen LogP contribution is -2.23. The molecule has 7 nitrogen and oxygen atoms in total. The first-order chi connectivity index (χ1) is 11.0. The minimum Gasteiger partial charge on any atom is -0.339 e. The molecule has 2 aromatic heterocycles. The molecule has 3 aromatic rings. The van der Waals surface area contributed by atoms with Crippen LogP contribution in [0.15, 0.2) is 58.1 Å². The summed E-state index contributed by atoms with van der Waals surface area (Å²) in [6.45, 7) is 1.79. The van der Waals surface area contributed by atoms with Crippen molar-refractivity contribution in [3.63, 3.8) is 0 Å². The van der Waals surface area contributed by atoms with E-state index in [1.165, 1.54) is 12.1 Å². The minimum absolute atomic E-state index is 0.120. The van der Waals surface area contributed by atoms with Gasteiger partial charge in [0, 0.05) is 18.7 Å². The fraction of sp³-hybridized carbons (Fsp3) is 0.133. The minimum atomic E-state index is -3.66. The number of nitrogens with zero attached hydrogens (tertiary/aromatic N) is 3. The zero-order chi connectivity index (χ0) is 16.3. The summed E-state index contributed by atoms with van der Waals surface area (Å²) >= 11 is 0. The van der Waals surface area contributed by atoms with Crippen molar-refractivity contribution in [2.75, 3.05) is 0 Å². The van der Waals surface area contributed by atoms with Crippen molar-refractivity contribution in [2.45, 2.75) is 18.4 Å². The van der Waals surface area contributed by atoms with Crippen LogP contribution < -0.4 is 4.72 Å². The molecule has 0 aliphatic heterocycles. The monoisotopic (exact) mass is 330 g/mol. The third-order valence-corrected chi connectivity index (χ3v) is 4.50. The maximum absolute atomic E-state index is 12.4. The van der Waals surface area contributed by atoms with Gasteiger partial charge in [0.05, 0.1) is 17.1 Å². The number of rotatable bonds is 5. The Kier molecular flexibility index (Phi) is 4.18. The smallest absolute Gasteiger partial charge is 0.240 e. The number of aryl methyl sites for hydroxylation is 1. The molecule has 0 amide bonds. The van der Waals surface area contributed by atoms with Crippen molar-refractivity contribution in [3.05, 3.63) is 60.2 Å². The Morgan fingerprint density at radius 2 is 2.04 bits per heavy atom. The van der Waals surface area contributed by atoms with E-state index >= 15 is 0 Å². The number of nitrogens with one attached hydrogen (secondary N) is 1. The second kappa shape index (κ2) is 6.27. The third-order valence-electron chi connectivity index (χ3n) is 3.10. The van der Waals surface area contributed by atoms with Gasteiger partial charge in [0.15, 0.2) is 0 Å². The van der Waals surface area contributed by atoms with Gasteiger partial charge in [-0.15, -0.1) is 0 Å². The fourth-order valence-electron chi connectivity index (χ4n) is 1.97. The van der Waals surface area contributed by atoms with Gasteiger partial charge < -0.3 is 4.52 Å². The molecule has 8 heteroatoms. The summed E-state index contributed by atoms with van der Waals surface area (Å²) in [6, 6.07) is 11.7. The lowest BCUT2D eigenvalue weighted by Gasteiger charge is -2.07. The van der Waals surface area contributed by atoms with E-state index in [0.717, 1.165) is 0 Å². The number of hydrogen-bond donors (Lipinski definition) is 1. The molecule has 0 atom stereocenters. The second-order valence-corrected chi connectivity index (χ2v) is 6.58. The van der Waals surface area contributed by atoms with E-state index in [4.69, 9.17) is 4.52 Å². The molecule has 2 heterocycles. The highest BCUT2D eigenvalue weighted by molar-refractivity contribution is 7.89. The quantitative estimate of drug-likeness (QED) is 0.767. The van der Waals surface area contributed by atoms with Crippen molar-refractivity contribution < 1.29 is 12.9 Å². The summed E-state index contributed by atoms with van der Waals surface area (Å²) in [7, 11) is -3.66. The Morgan fingerprint density at radius 1 is 1.17 bits per heavy atom. The molecule has 0 spiro atoms. The molecule has 0 aliphatic rings. The van der Waals surface area contributed by atoms with Crippen molar-refractivity contribution in [3.8, 4) is 11.4 Å². The van der Waals surface area contributed by atoms with E-state index in [2.05, 4.69) is 19.8 Å². The molecule has 1 N–H and O–H groups in total. The van der Waals surface area contributed by atoms with E-state index in [9.17, 15) is 8.42 Å². The van der Waals surface area contributed by atoms with E-state index in [1.807, 2.05) is 0 Å². The fourth-order valence-corrected chi connectivity index (χ4v) is 3.02. The van der Waals surface area contributed by atoms with Crippen LogP contribution >= 0.6 is 0 Å². The third kappa shape index (κ3) is 3.61. The average molecular weight is 330 g/mol. The maximum atomic E-state index is 12.4. The molecule has 1 aromatic carbocycles. The summed E-state index contributed by atoms with van der Waals surface area (Å²) in [5.74, 6) is 0.769. The number of pyridine rings is 1. The number of benzene rings is 1. The van der Waals surface area contributed by atoms with Crippen LogP contribution in [0, 0.1) is 6.92 Å². The number of sulfonamides is 1. The lowest BCUT2D eigenvalue weighted by atomic mass is 10.2. The molecule has 0 saturated carbocycles. The van der Waals surface area contributed by atoms with Gasteiger partial charge in [-0.3, -0.25) is 4.98 Å². The van der Waals surface area contributed by atoms with Crippen LogP contribution in [0.5, 0.6) is 0 Å². The Balaban J connectivity index is 1.82. The first-order valence-corrected chi connectivity index (χ1v) is 8.33. The highest BCUT2D eigenvalue weighted by Gasteiger charge is 2.16. The predicted molar refractivity (Wildman–Crippen MR) is 82.7 cm³/mol. The molecule has 118 valence electrons. The van der Waals surface area contributed by atoms with E-state index in [0.29, 0.717) is 23.0 Å². The van der Waals surface area contributed by atoms with Crippen LogP contribution in [-0.4, -0.2) is 23.5 Å². The van der Waals surface area contributed by atoms with Gasteiger partial charge in [0.2, 0.25) is 21.7 Å². The molecule has 0 bridgehead atoms. The number of hydrogen-bond acceptors (Lipinski definition) is 6. The van der Waals surface area contributed by atoms with Crippen LogP contribution in [-0.2, 0) is 16.6 Å². The van der Waals surface area contributed by atoms with Crippen LogP contribution in [0.25, 0.3) is 11.4 Å². The second-order valence-electron chi connectivity index (χ2n) is 4.81. The summed E-state index contributed by atoms with van der Waals surface area (Å²) in [6.07, 6.45) is 1.61. The van der Waals surface area contributed by atoms with Crippen LogP contribution in [0.4, 0.5) is 0 Å². The van der Waals surface area contributed by atoms with Crippen molar-refractivity contribution in [2.24, 2.45) is 0 Å². The van der Waals surface area contributed by atoms with Crippen LogP contribution in [0.3, 0.4) is 0 Å².